The van der Waals surface area contributed by atoms with E-state index in [-0.39, 0.29) is 18.4 Å². The summed E-state index contributed by atoms with van der Waals surface area (Å²) in [6.07, 6.45) is 6.76. The fraction of sp³-hybridized carbons (Fsp3) is 0.207. The molecule has 0 saturated carbocycles. The SMILES string of the molecule is C#CCOc1ccc(Br)cc1/C=N\NC(=O)[C@H](NC(=O)C(c1ccccc1)c1ccccc1)C(C)C. The number of ether oxygens (including phenoxy) is 1. The highest BCUT2D eigenvalue weighted by atomic mass is 79.9. The average molecular weight is 546 g/mol. The summed E-state index contributed by atoms with van der Waals surface area (Å²) in [5.74, 6) is 1.55. The third-order valence-electron chi connectivity index (χ3n) is 5.44. The van der Waals surface area contributed by atoms with Gasteiger partial charge >= 0.3 is 0 Å². The van der Waals surface area contributed by atoms with Crippen molar-refractivity contribution < 1.29 is 14.3 Å². The van der Waals surface area contributed by atoms with Crippen LogP contribution in [0.1, 0.15) is 36.5 Å². The number of benzene rings is 3. The van der Waals surface area contributed by atoms with Crippen molar-refractivity contribution in [2.75, 3.05) is 6.61 Å². The monoisotopic (exact) mass is 545 g/mol. The summed E-state index contributed by atoms with van der Waals surface area (Å²) in [6.45, 7) is 3.85. The highest BCUT2D eigenvalue weighted by molar-refractivity contribution is 9.10. The second-order valence-corrected chi connectivity index (χ2v) is 9.31. The van der Waals surface area contributed by atoms with Crippen molar-refractivity contribution in [2.45, 2.75) is 25.8 Å². The lowest BCUT2D eigenvalue weighted by atomic mass is 9.89. The molecule has 0 bridgehead atoms. The quantitative estimate of drug-likeness (QED) is 0.216. The predicted octanol–water partition coefficient (Wildman–Crippen LogP) is 4.88. The van der Waals surface area contributed by atoms with Crippen molar-refractivity contribution in [2.24, 2.45) is 11.0 Å². The van der Waals surface area contributed by atoms with Crippen molar-refractivity contribution in [1.29, 1.82) is 0 Å². The lowest BCUT2D eigenvalue weighted by molar-refractivity contribution is -0.130. The molecule has 0 unspecified atom stereocenters. The van der Waals surface area contributed by atoms with E-state index in [4.69, 9.17) is 11.2 Å². The van der Waals surface area contributed by atoms with Gasteiger partial charge in [-0.2, -0.15) is 5.10 Å². The van der Waals surface area contributed by atoms with E-state index in [0.717, 1.165) is 15.6 Å². The zero-order valence-corrected chi connectivity index (χ0v) is 21.7. The molecule has 0 aliphatic carbocycles. The first-order valence-corrected chi connectivity index (χ1v) is 12.3. The number of hydrogen-bond donors (Lipinski definition) is 2. The number of nitrogens with one attached hydrogen (secondary N) is 2. The van der Waals surface area contributed by atoms with Gasteiger partial charge in [-0.05, 0) is 35.2 Å². The number of carbonyl (C=O) groups is 2. The van der Waals surface area contributed by atoms with Crippen molar-refractivity contribution in [1.82, 2.24) is 10.7 Å². The van der Waals surface area contributed by atoms with Gasteiger partial charge in [-0.25, -0.2) is 5.43 Å². The standard InChI is InChI=1S/C29H28BrN3O3/c1-4-17-36-25-16-15-24(30)18-23(25)19-31-33-29(35)27(20(2)3)32-28(34)26(21-11-7-5-8-12-21)22-13-9-6-10-14-22/h1,5-16,18-20,26-27H,17H2,2-3H3,(H,32,34)(H,33,35)/b31-19-/t27-/m1/s1. The average Bonchev–Trinajstić information content (AvgIpc) is 2.88. The number of amides is 2. The van der Waals surface area contributed by atoms with Crippen LogP contribution in [0.15, 0.2) is 88.4 Å². The molecule has 0 aliphatic rings. The van der Waals surface area contributed by atoms with Gasteiger partial charge in [0.15, 0.2) is 0 Å². The molecule has 0 heterocycles. The number of hydrogen-bond acceptors (Lipinski definition) is 4. The zero-order chi connectivity index (χ0) is 25.9. The maximum atomic E-state index is 13.5. The highest BCUT2D eigenvalue weighted by Gasteiger charge is 2.29. The predicted molar refractivity (Wildman–Crippen MR) is 146 cm³/mol. The molecule has 3 aromatic carbocycles. The first kappa shape index (κ1) is 26.7. The summed E-state index contributed by atoms with van der Waals surface area (Å²) in [6, 6.07) is 23.6. The number of nitrogens with zero attached hydrogens (tertiary/aromatic N) is 1. The molecule has 3 aromatic rings. The van der Waals surface area contributed by atoms with Gasteiger partial charge in [0.2, 0.25) is 5.91 Å². The van der Waals surface area contributed by atoms with Crippen LogP contribution in [0.5, 0.6) is 5.75 Å². The minimum atomic E-state index is -0.788. The Morgan fingerprint density at radius 2 is 1.61 bits per heavy atom. The van der Waals surface area contributed by atoms with E-state index < -0.39 is 17.9 Å². The summed E-state index contributed by atoms with van der Waals surface area (Å²) in [7, 11) is 0. The van der Waals surface area contributed by atoms with Crippen molar-refractivity contribution in [3.05, 3.63) is 100 Å². The van der Waals surface area contributed by atoms with Crippen LogP contribution in [-0.2, 0) is 9.59 Å². The molecule has 0 saturated heterocycles. The third kappa shape index (κ3) is 7.30. The number of hydrazone groups is 1. The number of halogens is 1. The number of carbonyl (C=O) groups excluding carboxylic acids is 2. The van der Waals surface area contributed by atoms with Crippen LogP contribution in [0.2, 0.25) is 0 Å². The Kier molecular flexibility index (Phi) is 9.84. The molecule has 1 atom stereocenters. The van der Waals surface area contributed by atoms with E-state index >= 15 is 0 Å². The Morgan fingerprint density at radius 3 is 2.17 bits per heavy atom. The Labute approximate surface area is 220 Å². The molecule has 0 aliphatic heterocycles. The van der Waals surface area contributed by atoms with Gasteiger partial charge in [-0.15, -0.1) is 6.42 Å². The van der Waals surface area contributed by atoms with Crippen LogP contribution in [0.3, 0.4) is 0 Å². The van der Waals surface area contributed by atoms with E-state index in [0.29, 0.717) is 11.3 Å². The minimum absolute atomic E-state index is 0.111. The normalized spacial score (nSPS) is 11.8. The molecule has 0 fully saturated rings. The number of terminal acetylenes is 1. The molecule has 0 spiro atoms. The van der Waals surface area contributed by atoms with Gasteiger partial charge in [-0.1, -0.05) is 96.4 Å². The summed E-state index contributed by atoms with van der Waals surface area (Å²) < 4.78 is 6.35. The third-order valence-corrected chi connectivity index (χ3v) is 5.93. The fourth-order valence-corrected chi connectivity index (χ4v) is 4.04. The van der Waals surface area contributed by atoms with Crippen LogP contribution in [0, 0.1) is 18.3 Å². The van der Waals surface area contributed by atoms with E-state index in [2.05, 4.69) is 37.7 Å². The first-order chi connectivity index (χ1) is 17.4. The molecule has 0 aromatic heterocycles. The van der Waals surface area contributed by atoms with Gasteiger partial charge < -0.3 is 10.1 Å². The summed E-state index contributed by atoms with van der Waals surface area (Å²) in [5.41, 5.74) is 4.87. The van der Waals surface area contributed by atoms with Crippen LogP contribution >= 0.6 is 15.9 Å². The van der Waals surface area contributed by atoms with Gasteiger partial charge in [-0.3, -0.25) is 9.59 Å². The van der Waals surface area contributed by atoms with Gasteiger partial charge in [0.1, 0.15) is 18.4 Å². The first-order valence-electron chi connectivity index (χ1n) is 11.5. The second-order valence-electron chi connectivity index (χ2n) is 8.39. The fourth-order valence-electron chi connectivity index (χ4n) is 3.66. The molecule has 184 valence electrons. The summed E-state index contributed by atoms with van der Waals surface area (Å²) in [4.78, 5) is 26.5. The van der Waals surface area contributed by atoms with Gasteiger partial charge in [0.05, 0.1) is 12.1 Å². The Hall–Kier alpha value is -3.89. The summed E-state index contributed by atoms with van der Waals surface area (Å²) in [5, 5.41) is 7.03. The molecule has 3 rings (SSSR count). The van der Waals surface area contributed by atoms with E-state index in [1.807, 2.05) is 80.6 Å². The maximum Gasteiger partial charge on any atom is 0.262 e. The molecule has 2 amide bonds. The molecule has 0 radical (unpaired) electrons. The molecule has 2 N–H and O–H groups in total. The van der Waals surface area contributed by atoms with Crippen LogP contribution < -0.4 is 15.5 Å². The van der Waals surface area contributed by atoms with E-state index in [1.165, 1.54) is 6.21 Å². The lowest BCUT2D eigenvalue weighted by Crippen LogP contribution is -2.50. The van der Waals surface area contributed by atoms with Crippen LogP contribution in [-0.4, -0.2) is 30.7 Å². The topological polar surface area (TPSA) is 79.8 Å². The Bertz CT molecular complexity index is 1200. The zero-order valence-electron chi connectivity index (χ0n) is 20.1. The van der Waals surface area contributed by atoms with E-state index in [1.54, 1.807) is 12.1 Å². The maximum absolute atomic E-state index is 13.5. The minimum Gasteiger partial charge on any atom is -0.480 e. The van der Waals surface area contributed by atoms with Gasteiger partial charge in [0.25, 0.3) is 5.91 Å². The lowest BCUT2D eigenvalue weighted by Gasteiger charge is -2.24. The molecule has 6 nitrogen and oxygen atoms in total. The highest BCUT2D eigenvalue weighted by Crippen LogP contribution is 2.25. The number of rotatable bonds is 10. The van der Waals surface area contributed by atoms with Crippen molar-refractivity contribution >= 4 is 34.0 Å². The molecule has 36 heavy (non-hydrogen) atoms. The Balaban J connectivity index is 1.76. The van der Waals surface area contributed by atoms with Crippen molar-refractivity contribution in [3.63, 3.8) is 0 Å². The van der Waals surface area contributed by atoms with E-state index in [9.17, 15) is 9.59 Å². The van der Waals surface area contributed by atoms with Gasteiger partial charge in [0, 0.05) is 10.0 Å². The largest absolute Gasteiger partial charge is 0.480 e. The molecule has 7 heteroatoms. The Morgan fingerprint density at radius 1 is 1.00 bits per heavy atom. The summed E-state index contributed by atoms with van der Waals surface area (Å²) >= 11 is 3.41. The molecular formula is C29H28BrN3O3. The smallest absolute Gasteiger partial charge is 0.262 e. The van der Waals surface area contributed by atoms with Crippen LogP contribution in [0.4, 0.5) is 0 Å². The van der Waals surface area contributed by atoms with Crippen molar-refractivity contribution in [3.8, 4) is 18.1 Å². The van der Waals surface area contributed by atoms with Crippen LogP contribution in [0.25, 0.3) is 0 Å². The second kappa shape index (κ2) is 13.3. The molecular weight excluding hydrogens is 518 g/mol.